The third-order valence-electron chi connectivity index (χ3n) is 10.9. The van der Waals surface area contributed by atoms with Crippen LogP contribution < -0.4 is 10.6 Å². The summed E-state index contributed by atoms with van der Waals surface area (Å²) in [7, 11) is 2.56. The van der Waals surface area contributed by atoms with Crippen LogP contribution in [0.4, 0.5) is 9.59 Å². The number of hydrogen-bond donors (Lipinski definition) is 4. The van der Waals surface area contributed by atoms with Crippen LogP contribution in [0.3, 0.4) is 0 Å². The molecule has 1 unspecified atom stereocenters. The number of fused-ring (bicyclic) bond motifs is 1. The summed E-state index contributed by atoms with van der Waals surface area (Å²) in [6.07, 6.45) is 8.83. The van der Waals surface area contributed by atoms with E-state index in [-0.39, 0.29) is 35.7 Å². The van der Waals surface area contributed by atoms with Crippen molar-refractivity contribution >= 4 is 35.2 Å². The van der Waals surface area contributed by atoms with E-state index in [9.17, 15) is 19.2 Å². The molecular formula is C41H49N11O6. The van der Waals surface area contributed by atoms with Crippen molar-refractivity contribution in [3.8, 4) is 33.8 Å². The number of imidazole rings is 2. The smallest absolute Gasteiger partial charge is 0.407 e. The van der Waals surface area contributed by atoms with Crippen LogP contribution in [0.25, 0.3) is 44.9 Å². The molecule has 0 radical (unpaired) electrons. The molecule has 58 heavy (non-hydrogen) atoms. The molecule has 2 fully saturated rings. The third kappa shape index (κ3) is 8.19. The second-order valence-electron chi connectivity index (χ2n) is 15.4. The highest BCUT2D eigenvalue weighted by molar-refractivity contribution is 5.87. The van der Waals surface area contributed by atoms with Gasteiger partial charge in [-0.3, -0.25) is 14.6 Å². The summed E-state index contributed by atoms with van der Waals surface area (Å²) in [5.74, 6) is 0.795. The molecule has 4 atom stereocenters. The summed E-state index contributed by atoms with van der Waals surface area (Å²) >= 11 is 0. The maximum absolute atomic E-state index is 13.6. The SMILES string of the molecule is COC(=O)N[C@H](C(=O)N1CCCC1c1ncc(-c2ccc(-c3cnc4cc(-c5cnc([C@@H]6CCCN6C(=O)[C@@H](NC(=O)OC)C(C)C)[nH]5)cnc4n3)cc2)[nH]1)C(C)C. The van der Waals surface area contributed by atoms with Gasteiger partial charge < -0.3 is 39.9 Å². The number of likely N-dealkylation sites (tertiary alicyclic amines) is 2. The Balaban J connectivity index is 1.02. The molecule has 2 aliphatic rings. The van der Waals surface area contributed by atoms with Gasteiger partial charge in [-0.05, 0) is 49.1 Å². The van der Waals surface area contributed by atoms with Crippen molar-refractivity contribution < 1.29 is 28.7 Å². The van der Waals surface area contributed by atoms with Crippen LogP contribution in [0.15, 0.2) is 55.1 Å². The molecule has 5 aromatic rings. The van der Waals surface area contributed by atoms with Crippen LogP contribution >= 0.6 is 0 Å². The number of aromatic nitrogens is 7. The van der Waals surface area contributed by atoms with Crippen molar-refractivity contribution in [2.45, 2.75) is 77.5 Å². The van der Waals surface area contributed by atoms with E-state index in [2.05, 4.69) is 40.5 Å². The molecule has 4 amide bonds. The second-order valence-corrected chi connectivity index (χ2v) is 15.4. The van der Waals surface area contributed by atoms with Crippen molar-refractivity contribution in [2.75, 3.05) is 27.3 Å². The zero-order valence-corrected chi connectivity index (χ0v) is 33.5. The molecule has 304 valence electrons. The molecule has 0 bridgehead atoms. The summed E-state index contributed by atoms with van der Waals surface area (Å²) in [6.45, 7) is 8.70. The van der Waals surface area contributed by atoms with Crippen molar-refractivity contribution in [1.29, 1.82) is 0 Å². The molecule has 2 aliphatic heterocycles. The second kappa shape index (κ2) is 17.0. The first-order chi connectivity index (χ1) is 27.9. The maximum Gasteiger partial charge on any atom is 0.407 e. The number of pyridine rings is 1. The van der Waals surface area contributed by atoms with E-state index in [0.29, 0.717) is 41.6 Å². The van der Waals surface area contributed by atoms with E-state index in [1.165, 1.54) is 14.2 Å². The molecule has 2 saturated heterocycles. The van der Waals surface area contributed by atoms with E-state index in [1.807, 2.05) is 58.0 Å². The van der Waals surface area contributed by atoms with Gasteiger partial charge in [-0.1, -0.05) is 52.0 Å². The van der Waals surface area contributed by atoms with Crippen LogP contribution in [0, 0.1) is 11.8 Å². The van der Waals surface area contributed by atoms with Gasteiger partial charge in [0.05, 0.1) is 62.0 Å². The number of nitrogens with zero attached hydrogens (tertiary/aromatic N) is 7. The lowest BCUT2D eigenvalue weighted by Gasteiger charge is -2.30. The minimum Gasteiger partial charge on any atom is -0.453 e. The van der Waals surface area contributed by atoms with Crippen LogP contribution in [0.2, 0.25) is 0 Å². The fourth-order valence-corrected chi connectivity index (χ4v) is 7.70. The number of hydrogen-bond acceptors (Lipinski definition) is 11. The van der Waals surface area contributed by atoms with Crippen LogP contribution in [-0.4, -0.2) is 108 Å². The summed E-state index contributed by atoms with van der Waals surface area (Å²) in [4.78, 5) is 84.8. The van der Waals surface area contributed by atoms with Crippen LogP contribution in [0.1, 0.15) is 77.1 Å². The molecule has 6 heterocycles. The number of carbonyl (C=O) groups is 4. The Labute approximate surface area is 335 Å². The quantitative estimate of drug-likeness (QED) is 0.130. The van der Waals surface area contributed by atoms with Gasteiger partial charge in [-0.2, -0.15) is 0 Å². The molecule has 17 heteroatoms. The number of ether oxygens (including phenoxy) is 2. The van der Waals surface area contributed by atoms with E-state index in [0.717, 1.165) is 53.8 Å². The molecular weight excluding hydrogens is 743 g/mol. The zero-order valence-electron chi connectivity index (χ0n) is 33.5. The number of carbonyl (C=O) groups excluding carboxylic acids is 4. The van der Waals surface area contributed by atoms with Gasteiger partial charge in [0.25, 0.3) is 0 Å². The lowest BCUT2D eigenvalue weighted by Crippen LogP contribution is -2.51. The van der Waals surface area contributed by atoms with Gasteiger partial charge >= 0.3 is 12.2 Å². The van der Waals surface area contributed by atoms with Crippen LogP contribution in [-0.2, 0) is 19.1 Å². The van der Waals surface area contributed by atoms with Crippen LogP contribution in [0.5, 0.6) is 0 Å². The largest absolute Gasteiger partial charge is 0.453 e. The zero-order chi connectivity index (χ0) is 41.1. The first-order valence-corrected chi connectivity index (χ1v) is 19.6. The number of rotatable bonds is 11. The minimum absolute atomic E-state index is 0.117. The maximum atomic E-state index is 13.6. The normalized spacial score (nSPS) is 17.8. The van der Waals surface area contributed by atoms with Gasteiger partial charge in [0.1, 0.15) is 29.2 Å². The van der Waals surface area contributed by atoms with Gasteiger partial charge in [-0.15, -0.1) is 0 Å². The van der Waals surface area contributed by atoms with E-state index < -0.39 is 24.3 Å². The first kappa shape index (κ1) is 39.8. The molecule has 17 nitrogen and oxygen atoms in total. The summed E-state index contributed by atoms with van der Waals surface area (Å²) in [5.41, 5.74) is 5.90. The Bertz CT molecular complexity index is 2290. The summed E-state index contributed by atoms with van der Waals surface area (Å²) in [6, 6.07) is 7.90. The summed E-state index contributed by atoms with van der Waals surface area (Å²) < 4.78 is 9.50. The Morgan fingerprint density at radius 1 is 0.672 bits per heavy atom. The average Bonchev–Trinajstić information content (AvgIpc) is 4.07. The Kier molecular flexibility index (Phi) is 11.7. The van der Waals surface area contributed by atoms with E-state index >= 15 is 0 Å². The highest BCUT2D eigenvalue weighted by Crippen LogP contribution is 2.35. The third-order valence-corrected chi connectivity index (χ3v) is 10.9. The minimum atomic E-state index is -0.713. The fourth-order valence-electron chi connectivity index (χ4n) is 7.70. The molecule has 0 aliphatic carbocycles. The number of methoxy groups -OCH3 is 2. The predicted molar refractivity (Wildman–Crippen MR) is 214 cm³/mol. The highest BCUT2D eigenvalue weighted by atomic mass is 16.5. The molecule has 0 spiro atoms. The molecule has 0 saturated carbocycles. The standard InChI is InChI=1S/C41H49N11O6/c1-22(2)33(49-40(55)57-5)38(53)51-15-7-9-31(51)36-44-20-29(47-36)25-13-11-24(12-14-25)28-19-42-27-17-26(18-43-35(27)46-28)30-21-45-37(48-30)32-10-8-16-52(32)39(54)34(23(3)4)50-41(56)58-6/h11-14,17-23,31-34H,7-10,15-16H2,1-6H3,(H,44,47)(H,45,48)(H,49,55)(H,50,56)/t31?,32-,33-,34-/m0/s1. The van der Waals surface area contributed by atoms with Gasteiger partial charge in [-0.25, -0.2) is 29.5 Å². The predicted octanol–water partition coefficient (Wildman–Crippen LogP) is 5.56. The Hall–Kier alpha value is -6.39. The molecule has 4 aromatic heterocycles. The fraction of sp³-hybridized carbons (Fsp3) is 0.439. The number of aromatic amines is 2. The molecule has 7 rings (SSSR count). The van der Waals surface area contributed by atoms with Crippen molar-refractivity contribution in [2.24, 2.45) is 11.8 Å². The molecule has 4 N–H and O–H groups in total. The number of benzene rings is 1. The monoisotopic (exact) mass is 791 g/mol. The van der Waals surface area contributed by atoms with Gasteiger partial charge in [0, 0.05) is 30.4 Å². The Morgan fingerprint density at radius 3 is 1.67 bits per heavy atom. The number of nitrogens with one attached hydrogen (secondary N) is 4. The average molecular weight is 792 g/mol. The van der Waals surface area contributed by atoms with Crippen molar-refractivity contribution in [3.63, 3.8) is 0 Å². The van der Waals surface area contributed by atoms with E-state index in [1.54, 1.807) is 34.6 Å². The topological polar surface area (TPSA) is 213 Å². The van der Waals surface area contributed by atoms with Crippen molar-refractivity contribution in [3.05, 3.63) is 66.8 Å². The van der Waals surface area contributed by atoms with Crippen molar-refractivity contribution in [1.82, 2.24) is 55.3 Å². The lowest BCUT2D eigenvalue weighted by atomic mass is 10.0. The highest BCUT2D eigenvalue weighted by Gasteiger charge is 2.39. The number of amides is 4. The molecule has 1 aromatic carbocycles. The van der Waals surface area contributed by atoms with Gasteiger partial charge in [0.15, 0.2) is 5.65 Å². The van der Waals surface area contributed by atoms with Gasteiger partial charge in [0.2, 0.25) is 11.8 Å². The lowest BCUT2D eigenvalue weighted by molar-refractivity contribution is -0.136. The first-order valence-electron chi connectivity index (χ1n) is 19.6. The van der Waals surface area contributed by atoms with E-state index in [4.69, 9.17) is 14.5 Å². The number of alkyl carbamates (subject to hydrolysis) is 2. The number of H-pyrrole nitrogens is 2. The summed E-state index contributed by atoms with van der Waals surface area (Å²) in [5, 5.41) is 5.37. The Morgan fingerprint density at radius 2 is 1.17 bits per heavy atom.